The van der Waals surface area contributed by atoms with Crippen LogP contribution in [0.25, 0.3) is 0 Å². The molecular formula is C13H15NO2. The number of Topliss-reactive ketones (excluding diaryl/α,β-unsaturated/α-hetero) is 2. The van der Waals surface area contributed by atoms with Crippen LogP contribution in [0.2, 0.25) is 0 Å². The van der Waals surface area contributed by atoms with Crippen LogP contribution in [0.5, 0.6) is 0 Å². The molecule has 0 radical (unpaired) electrons. The zero-order valence-corrected chi connectivity index (χ0v) is 9.35. The van der Waals surface area contributed by atoms with Crippen LogP contribution >= 0.6 is 0 Å². The summed E-state index contributed by atoms with van der Waals surface area (Å²) in [6.07, 6.45) is 0.492. The second-order valence-corrected chi connectivity index (χ2v) is 4.30. The Morgan fingerprint density at radius 1 is 1.25 bits per heavy atom. The van der Waals surface area contributed by atoms with E-state index in [0.29, 0.717) is 13.0 Å². The summed E-state index contributed by atoms with van der Waals surface area (Å²) in [6, 6.07) is 9.76. The number of likely N-dealkylation sites (N-methyl/N-ethyl adjacent to an activating group) is 1. The first-order chi connectivity index (χ1) is 7.66. The second-order valence-electron chi connectivity index (χ2n) is 4.30. The maximum atomic E-state index is 11.6. The Hall–Kier alpha value is -1.48. The smallest absolute Gasteiger partial charge is 0.157 e. The first kappa shape index (κ1) is 11.0. The highest BCUT2D eigenvalue weighted by atomic mass is 16.2. The molecule has 0 aromatic heterocycles. The fraction of sp³-hybridized carbons (Fsp3) is 0.385. The zero-order valence-electron chi connectivity index (χ0n) is 9.35. The predicted molar refractivity (Wildman–Crippen MR) is 60.9 cm³/mol. The number of carbonyl (C=O) groups excluding carboxylic acids is 2. The van der Waals surface area contributed by atoms with Crippen LogP contribution in [0, 0.1) is 0 Å². The predicted octanol–water partition coefficient (Wildman–Crippen LogP) is 1.42. The van der Waals surface area contributed by atoms with Crippen LogP contribution in [-0.2, 0) is 16.1 Å². The summed E-state index contributed by atoms with van der Waals surface area (Å²) >= 11 is 0. The summed E-state index contributed by atoms with van der Waals surface area (Å²) in [7, 11) is 1.90. The fourth-order valence-corrected chi connectivity index (χ4v) is 2.10. The molecule has 0 heterocycles. The van der Waals surface area contributed by atoms with Crippen LogP contribution < -0.4 is 0 Å². The minimum atomic E-state index is -0.215. The van der Waals surface area contributed by atoms with E-state index >= 15 is 0 Å². The van der Waals surface area contributed by atoms with Crippen molar-refractivity contribution >= 4 is 11.6 Å². The lowest BCUT2D eigenvalue weighted by molar-refractivity contribution is -0.123. The highest BCUT2D eigenvalue weighted by Gasteiger charge is 2.33. The van der Waals surface area contributed by atoms with Crippen molar-refractivity contribution in [3.05, 3.63) is 35.9 Å². The highest BCUT2D eigenvalue weighted by Crippen LogP contribution is 2.18. The van der Waals surface area contributed by atoms with Crippen molar-refractivity contribution in [3.8, 4) is 0 Å². The van der Waals surface area contributed by atoms with Crippen LogP contribution in [0.1, 0.15) is 18.4 Å². The Morgan fingerprint density at radius 3 is 2.50 bits per heavy atom. The minimum Gasteiger partial charge on any atom is -0.299 e. The summed E-state index contributed by atoms with van der Waals surface area (Å²) in [5.41, 5.74) is 1.16. The molecule has 0 spiro atoms. The van der Waals surface area contributed by atoms with Crippen molar-refractivity contribution in [3.63, 3.8) is 0 Å². The topological polar surface area (TPSA) is 37.4 Å². The molecule has 3 nitrogen and oxygen atoms in total. The summed E-state index contributed by atoms with van der Waals surface area (Å²) in [6.45, 7) is 0.713. The molecule has 0 amide bonds. The Balaban J connectivity index is 2.01. The minimum absolute atomic E-state index is 0.0587. The maximum Gasteiger partial charge on any atom is 0.157 e. The molecule has 1 atom stereocenters. The van der Waals surface area contributed by atoms with E-state index in [1.54, 1.807) is 0 Å². The summed E-state index contributed by atoms with van der Waals surface area (Å²) in [5, 5.41) is 0. The van der Waals surface area contributed by atoms with Crippen molar-refractivity contribution in [2.75, 3.05) is 7.05 Å². The summed E-state index contributed by atoms with van der Waals surface area (Å²) in [4.78, 5) is 24.7. The van der Waals surface area contributed by atoms with Gasteiger partial charge in [-0.3, -0.25) is 14.5 Å². The third-order valence-electron chi connectivity index (χ3n) is 2.97. The molecule has 1 fully saturated rings. The van der Waals surface area contributed by atoms with Gasteiger partial charge in [0.25, 0.3) is 0 Å². The monoisotopic (exact) mass is 217 g/mol. The molecule has 16 heavy (non-hydrogen) atoms. The molecule has 1 aromatic carbocycles. The van der Waals surface area contributed by atoms with E-state index in [9.17, 15) is 9.59 Å². The van der Waals surface area contributed by atoms with Gasteiger partial charge in [-0.05, 0) is 12.6 Å². The number of hydrogen-bond acceptors (Lipinski definition) is 3. The molecule has 1 aliphatic carbocycles. The first-order valence-corrected chi connectivity index (χ1v) is 5.45. The highest BCUT2D eigenvalue weighted by molar-refractivity contribution is 6.08. The van der Waals surface area contributed by atoms with E-state index in [-0.39, 0.29) is 24.0 Å². The summed E-state index contributed by atoms with van der Waals surface area (Å²) < 4.78 is 0. The lowest BCUT2D eigenvalue weighted by Crippen LogP contribution is -2.34. The third-order valence-corrected chi connectivity index (χ3v) is 2.97. The van der Waals surface area contributed by atoms with E-state index in [2.05, 4.69) is 0 Å². The third kappa shape index (κ3) is 2.36. The Morgan fingerprint density at radius 2 is 1.94 bits per heavy atom. The van der Waals surface area contributed by atoms with Crippen LogP contribution in [0.15, 0.2) is 30.3 Å². The summed E-state index contributed by atoms with van der Waals surface area (Å²) in [5.74, 6) is 0.123. The van der Waals surface area contributed by atoms with Gasteiger partial charge in [0.05, 0.1) is 12.5 Å². The van der Waals surface area contributed by atoms with Gasteiger partial charge in [-0.1, -0.05) is 30.3 Å². The maximum absolute atomic E-state index is 11.6. The molecule has 1 unspecified atom stereocenters. The van der Waals surface area contributed by atoms with E-state index < -0.39 is 0 Å². The molecule has 1 aliphatic rings. The Kier molecular flexibility index (Phi) is 3.15. The number of ketones is 2. The standard InChI is InChI=1S/C13H15NO2/c1-14(9-10-5-3-2-4-6-10)12-7-11(15)8-13(12)16/h2-6,12H,7-9H2,1H3. The Bertz CT molecular complexity index is 400. The molecule has 0 aliphatic heterocycles. The zero-order chi connectivity index (χ0) is 11.5. The van der Waals surface area contributed by atoms with Crippen LogP contribution in [0.4, 0.5) is 0 Å². The van der Waals surface area contributed by atoms with Crippen molar-refractivity contribution in [2.24, 2.45) is 0 Å². The van der Waals surface area contributed by atoms with E-state index in [0.717, 1.165) is 5.56 Å². The molecule has 1 saturated carbocycles. The van der Waals surface area contributed by atoms with Crippen LogP contribution in [-0.4, -0.2) is 29.6 Å². The van der Waals surface area contributed by atoms with Gasteiger partial charge in [0.15, 0.2) is 5.78 Å². The van der Waals surface area contributed by atoms with Crippen molar-refractivity contribution in [2.45, 2.75) is 25.4 Å². The average molecular weight is 217 g/mol. The van der Waals surface area contributed by atoms with Gasteiger partial charge in [0, 0.05) is 13.0 Å². The first-order valence-electron chi connectivity index (χ1n) is 5.45. The normalized spacial score (nSPS) is 20.8. The molecule has 2 rings (SSSR count). The Labute approximate surface area is 95.1 Å². The van der Waals surface area contributed by atoms with Gasteiger partial charge >= 0.3 is 0 Å². The van der Waals surface area contributed by atoms with Gasteiger partial charge in [-0.15, -0.1) is 0 Å². The quantitative estimate of drug-likeness (QED) is 0.718. The number of carbonyl (C=O) groups is 2. The molecule has 1 aromatic rings. The van der Waals surface area contributed by atoms with E-state index in [1.807, 2.05) is 42.3 Å². The van der Waals surface area contributed by atoms with Gasteiger partial charge in [0.1, 0.15) is 5.78 Å². The lowest BCUT2D eigenvalue weighted by atomic mass is 10.1. The SMILES string of the molecule is CN(Cc1ccccc1)C1CC(=O)CC1=O. The number of nitrogens with zero attached hydrogens (tertiary/aromatic N) is 1. The van der Waals surface area contributed by atoms with E-state index in [1.165, 1.54) is 0 Å². The van der Waals surface area contributed by atoms with Crippen molar-refractivity contribution in [1.82, 2.24) is 4.90 Å². The number of benzene rings is 1. The van der Waals surface area contributed by atoms with Gasteiger partial charge in [-0.25, -0.2) is 0 Å². The fourth-order valence-electron chi connectivity index (χ4n) is 2.10. The molecule has 0 bridgehead atoms. The molecule has 0 saturated heterocycles. The van der Waals surface area contributed by atoms with Gasteiger partial charge < -0.3 is 0 Å². The van der Waals surface area contributed by atoms with E-state index in [4.69, 9.17) is 0 Å². The average Bonchev–Trinajstić information content (AvgIpc) is 2.59. The van der Waals surface area contributed by atoms with Crippen molar-refractivity contribution < 1.29 is 9.59 Å². The molecule has 84 valence electrons. The molecule has 0 N–H and O–H groups in total. The number of hydrogen-bond donors (Lipinski definition) is 0. The van der Waals surface area contributed by atoms with Gasteiger partial charge in [0.2, 0.25) is 0 Å². The molecule has 3 heteroatoms. The molecular weight excluding hydrogens is 202 g/mol. The largest absolute Gasteiger partial charge is 0.299 e. The second kappa shape index (κ2) is 4.58. The number of rotatable bonds is 3. The van der Waals surface area contributed by atoms with Crippen LogP contribution in [0.3, 0.4) is 0 Å². The lowest BCUT2D eigenvalue weighted by Gasteiger charge is -2.22. The van der Waals surface area contributed by atoms with Gasteiger partial charge in [-0.2, -0.15) is 0 Å². The van der Waals surface area contributed by atoms with Crippen molar-refractivity contribution in [1.29, 1.82) is 0 Å².